The summed E-state index contributed by atoms with van der Waals surface area (Å²) in [5.74, 6) is 0.752. The van der Waals surface area contributed by atoms with E-state index in [1.165, 1.54) is 12.8 Å². The SMILES string of the molecule is CC1CCCN(Cc2ccccc2C(=O)Cl)C1. The molecule has 1 aliphatic heterocycles. The van der Waals surface area contributed by atoms with Crippen molar-refractivity contribution in [3.8, 4) is 0 Å². The third kappa shape index (κ3) is 3.30. The molecule has 1 heterocycles. The second-order valence-electron chi connectivity index (χ2n) is 4.91. The van der Waals surface area contributed by atoms with Gasteiger partial charge in [-0.1, -0.05) is 25.1 Å². The summed E-state index contributed by atoms with van der Waals surface area (Å²) in [4.78, 5) is 13.7. The summed E-state index contributed by atoms with van der Waals surface area (Å²) in [5, 5.41) is -0.356. The fourth-order valence-electron chi connectivity index (χ4n) is 2.52. The van der Waals surface area contributed by atoms with Crippen molar-refractivity contribution in [2.45, 2.75) is 26.3 Å². The molecule has 0 spiro atoms. The normalized spacial score (nSPS) is 21.4. The van der Waals surface area contributed by atoms with E-state index in [1.54, 1.807) is 6.07 Å². The Hall–Kier alpha value is -0.860. The minimum Gasteiger partial charge on any atom is -0.299 e. The van der Waals surface area contributed by atoms with Crippen LogP contribution in [0.3, 0.4) is 0 Å². The number of halogens is 1. The molecule has 2 rings (SSSR count). The van der Waals surface area contributed by atoms with Crippen LogP contribution >= 0.6 is 11.6 Å². The number of hydrogen-bond donors (Lipinski definition) is 0. The van der Waals surface area contributed by atoms with Crippen LogP contribution in [0.4, 0.5) is 0 Å². The van der Waals surface area contributed by atoms with Gasteiger partial charge in [0.1, 0.15) is 0 Å². The molecule has 1 aromatic rings. The first kappa shape index (κ1) is 12.6. The third-order valence-corrected chi connectivity index (χ3v) is 3.57. The van der Waals surface area contributed by atoms with E-state index >= 15 is 0 Å². The van der Waals surface area contributed by atoms with Gasteiger partial charge in [-0.3, -0.25) is 9.69 Å². The van der Waals surface area contributed by atoms with Crippen molar-refractivity contribution >= 4 is 16.8 Å². The lowest BCUT2D eigenvalue weighted by Gasteiger charge is -2.31. The number of benzene rings is 1. The zero-order valence-electron chi connectivity index (χ0n) is 10.2. The molecule has 0 aromatic heterocycles. The topological polar surface area (TPSA) is 20.3 Å². The standard InChI is InChI=1S/C14H18ClNO/c1-11-5-4-8-16(9-11)10-12-6-2-3-7-13(12)14(15)17/h2-3,6-7,11H,4-5,8-10H2,1H3. The molecule has 17 heavy (non-hydrogen) atoms. The average Bonchev–Trinajstić information content (AvgIpc) is 2.29. The Morgan fingerprint density at radius 3 is 2.94 bits per heavy atom. The second-order valence-corrected chi connectivity index (χ2v) is 5.26. The number of carbonyl (C=O) groups is 1. The average molecular weight is 252 g/mol. The van der Waals surface area contributed by atoms with E-state index in [1.807, 2.05) is 18.2 Å². The van der Waals surface area contributed by atoms with E-state index in [2.05, 4.69) is 11.8 Å². The van der Waals surface area contributed by atoms with Crippen LogP contribution in [-0.2, 0) is 6.54 Å². The molecule has 1 aliphatic rings. The van der Waals surface area contributed by atoms with Crippen LogP contribution in [0.5, 0.6) is 0 Å². The van der Waals surface area contributed by atoms with Crippen LogP contribution in [0.25, 0.3) is 0 Å². The molecular weight excluding hydrogens is 234 g/mol. The van der Waals surface area contributed by atoms with Crippen molar-refractivity contribution in [3.05, 3.63) is 35.4 Å². The Morgan fingerprint density at radius 1 is 1.47 bits per heavy atom. The van der Waals surface area contributed by atoms with Crippen LogP contribution in [0.1, 0.15) is 35.7 Å². The quantitative estimate of drug-likeness (QED) is 0.769. The fourth-order valence-corrected chi connectivity index (χ4v) is 2.71. The molecule has 2 nitrogen and oxygen atoms in total. The summed E-state index contributed by atoms with van der Waals surface area (Å²) in [6.07, 6.45) is 2.56. The van der Waals surface area contributed by atoms with Crippen LogP contribution in [0.2, 0.25) is 0 Å². The summed E-state index contributed by atoms with van der Waals surface area (Å²) >= 11 is 5.60. The predicted molar refractivity (Wildman–Crippen MR) is 70.3 cm³/mol. The molecule has 1 atom stereocenters. The number of nitrogens with zero attached hydrogens (tertiary/aromatic N) is 1. The lowest BCUT2D eigenvalue weighted by atomic mass is 9.99. The van der Waals surface area contributed by atoms with Gasteiger partial charge in [0.25, 0.3) is 5.24 Å². The molecule has 0 N–H and O–H groups in total. The lowest BCUT2D eigenvalue weighted by Crippen LogP contribution is -2.34. The molecule has 0 saturated carbocycles. The first-order valence-electron chi connectivity index (χ1n) is 6.17. The lowest BCUT2D eigenvalue weighted by molar-refractivity contribution is 0.107. The fraction of sp³-hybridized carbons (Fsp3) is 0.500. The van der Waals surface area contributed by atoms with Gasteiger partial charge in [-0.25, -0.2) is 0 Å². The van der Waals surface area contributed by atoms with Gasteiger partial charge in [-0.2, -0.15) is 0 Å². The summed E-state index contributed by atoms with van der Waals surface area (Å²) in [6, 6.07) is 7.62. The van der Waals surface area contributed by atoms with Crippen LogP contribution in [0, 0.1) is 5.92 Å². The molecule has 0 amide bonds. The van der Waals surface area contributed by atoms with E-state index in [-0.39, 0.29) is 5.24 Å². The van der Waals surface area contributed by atoms with Crippen LogP contribution in [0.15, 0.2) is 24.3 Å². The Morgan fingerprint density at radius 2 is 2.24 bits per heavy atom. The molecule has 1 unspecified atom stereocenters. The van der Waals surface area contributed by atoms with Gasteiger partial charge in [0, 0.05) is 18.7 Å². The van der Waals surface area contributed by atoms with Gasteiger partial charge in [0.2, 0.25) is 0 Å². The highest BCUT2D eigenvalue weighted by Crippen LogP contribution is 2.20. The van der Waals surface area contributed by atoms with E-state index < -0.39 is 0 Å². The van der Waals surface area contributed by atoms with E-state index in [0.717, 1.165) is 31.1 Å². The van der Waals surface area contributed by atoms with E-state index in [9.17, 15) is 4.79 Å². The van der Waals surface area contributed by atoms with Crippen LogP contribution in [-0.4, -0.2) is 23.2 Å². The smallest absolute Gasteiger partial charge is 0.252 e. The molecule has 3 heteroatoms. The predicted octanol–water partition coefficient (Wildman–Crippen LogP) is 3.30. The van der Waals surface area contributed by atoms with Gasteiger partial charge in [0.05, 0.1) is 0 Å². The molecule has 92 valence electrons. The molecule has 1 saturated heterocycles. The molecule has 1 fully saturated rings. The number of rotatable bonds is 3. The maximum atomic E-state index is 11.3. The summed E-state index contributed by atoms with van der Waals surface area (Å²) in [5.41, 5.74) is 1.69. The summed E-state index contributed by atoms with van der Waals surface area (Å²) in [6.45, 7) is 5.35. The largest absolute Gasteiger partial charge is 0.299 e. The highest BCUT2D eigenvalue weighted by atomic mass is 35.5. The minimum atomic E-state index is -0.356. The first-order valence-corrected chi connectivity index (χ1v) is 6.54. The monoisotopic (exact) mass is 251 g/mol. The molecular formula is C14H18ClNO. The van der Waals surface area contributed by atoms with E-state index in [4.69, 9.17) is 11.6 Å². The zero-order chi connectivity index (χ0) is 12.3. The summed E-state index contributed by atoms with van der Waals surface area (Å²) < 4.78 is 0. The Kier molecular flexibility index (Phi) is 4.19. The van der Waals surface area contributed by atoms with Gasteiger partial charge >= 0.3 is 0 Å². The second kappa shape index (κ2) is 5.65. The zero-order valence-corrected chi connectivity index (χ0v) is 10.9. The van der Waals surface area contributed by atoms with Gasteiger partial charge in [0.15, 0.2) is 0 Å². The number of carbonyl (C=O) groups excluding carboxylic acids is 1. The summed E-state index contributed by atoms with van der Waals surface area (Å²) in [7, 11) is 0. The van der Waals surface area contributed by atoms with Crippen molar-refractivity contribution in [2.24, 2.45) is 5.92 Å². The number of piperidine rings is 1. The Labute approximate surface area is 108 Å². The Bertz CT molecular complexity index is 405. The van der Waals surface area contributed by atoms with Gasteiger partial charge in [-0.05, 0) is 48.5 Å². The minimum absolute atomic E-state index is 0.356. The maximum Gasteiger partial charge on any atom is 0.252 e. The van der Waals surface area contributed by atoms with E-state index in [0.29, 0.717) is 5.56 Å². The number of likely N-dealkylation sites (tertiary alicyclic amines) is 1. The van der Waals surface area contributed by atoms with Crippen molar-refractivity contribution in [1.82, 2.24) is 4.90 Å². The van der Waals surface area contributed by atoms with Crippen molar-refractivity contribution in [2.75, 3.05) is 13.1 Å². The van der Waals surface area contributed by atoms with Gasteiger partial charge < -0.3 is 0 Å². The third-order valence-electron chi connectivity index (χ3n) is 3.36. The highest BCUT2D eigenvalue weighted by molar-refractivity contribution is 6.67. The maximum absolute atomic E-state index is 11.3. The van der Waals surface area contributed by atoms with Gasteiger partial charge in [-0.15, -0.1) is 0 Å². The van der Waals surface area contributed by atoms with Crippen molar-refractivity contribution in [1.29, 1.82) is 0 Å². The van der Waals surface area contributed by atoms with Crippen LogP contribution < -0.4 is 0 Å². The first-order chi connectivity index (χ1) is 8.16. The Balaban J connectivity index is 2.10. The molecule has 1 aromatic carbocycles. The van der Waals surface area contributed by atoms with Crippen molar-refractivity contribution in [3.63, 3.8) is 0 Å². The molecule has 0 radical (unpaired) electrons. The highest BCUT2D eigenvalue weighted by Gasteiger charge is 2.18. The molecule has 0 bridgehead atoms. The molecule has 0 aliphatic carbocycles. The number of hydrogen-bond acceptors (Lipinski definition) is 2. The van der Waals surface area contributed by atoms with Crippen molar-refractivity contribution < 1.29 is 4.79 Å².